The first-order valence-corrected chi connectivity index (χ1v) is 5.36. The Morgan fingerprint density at radius 1 is 1.24 bits per heavy atom. The Balaban J connectivity index is 2.61. The van der Waals surface area contributed by atoms with Crippen molar-refractivity contribution < 1.29 is 4.74 Å². The number of hydrogen-bond acceptors (Lipinski definition) is 2. The summed E-state index contributed by atoms with van der Waals surface area (Å²) in [5, 5.41) is 1.69. The fourth-order valence-corrected chi connectivity index (χ4v) is 2.20. The van der Waals surface area contributed by atoms with Crippen LogP contribution in [0.4, 0.5) is 0 Å². The molecule has 0 unspecified atom stereocenters. The third kappa shape index (κ3) is 1.27. The fourth-order valence-electron chi connectivity index (χ4n) is 2.20. The van der Waals surface area contributed by atoms with E-state index in [0.717, 1.165) is 22.2 Å². The minimum atomic E-state index is 0.0129. The van der Waals surface area contributed by atoms with E-state index in [4.69, 9.17) is 4.74 Å². The van der Waals surface area contributed by atoms with Gasteiger partial charge >= 0.3 is 0 Å². The Hall–Kier alpha value is -2.23. The van der Waals surface area contributed by atoms with Gasteiger partial charge in [-0.1, -0.05) is 0 Å². The molecule has 0 fully saturated rings. The van der Waals surface area contributed by atoms with Crippen molar-refractivity contribution in [3.8, 4) is 5.75 Å². The van der Waals surface area contributed by atoms with Gasteiger partial charge in [-0.25, -0.2) is 0 Å². The van der Waals surface area contributed by atoms with Crippen LogP contribution in [0.15, 0.2) is 35.3 Å². The predicted octanol–water partition coefficient (Wildman–Crippen LogP) is 2.03. The summed E-state index contributed by atoms with van der Waals surface area (Å²) in [4.78, 5) is 15.2. The minimum absolute atomic E-state index is 0.0129. The first-order valence-electron chi connectivity index (χ1n) is 5.36. The van der Waals surface area contributed by atoms with Crippen LogP contribution in [0, 0.1) is 0 Å². The lowest BCUT2D eigenvalue weighted by Crippen LogP contribution is -2.16. The summed E-state index contributed by atoms with van der Waals surface area (Å²) in [5.41, 5.74) is 1.77. The van der Waals surface area contributed by atoms with Gasteiger partial charge in [-0.05, 0) is 24.3 Å². The van der Waals surface area contributed by atoms with Gasteiger partial charge in [0.05, 0.1) is 23.5 Å². The number of methoxy groups -OCH3 is 1. The van der Waals surface area contributed by atoms with Gasteiger partial charge in [0, 0.05) is 18.6 Å². The van der Waals surface area contributed by atoms with Crippen LogP contribution in [0.25, 0.3) is 21.8 Å². The highest BCUT2D eigenvalue weighted by Crippen LogP contribution is 2.25. The molecule has 86 valence electrons. The molecule has 0 spiro atoms. The maximum Gasteiger partial charge on any atom is 0.260 e. The topological polar surface area (TPSA) is 47.0 Å². The molecule has 0 aliphatic rings. The van der Waals surface area contributed by atoms with Crippen LogP contribution >= 0.6 is 0 Å². The zero-order valence-electron chi connectivity index (χ0n) is 9.65. The van der Waals surface area contributed by atoms with Crippen molar-refractivity contribution >= 4 is 21.8 Å². The molecule has 2 heterocycles. The number of rotatable bonds is 1. The van der Waals surface area contributed by atoms with Crippen LogP contribution < -0.4 is 10.3 Å². The Kier molecular flexibility index (Phi) is 1.98. The number of aromatic amines is 1. The molecule has 0 aliphatic carbocycles. The Morgan fingerprint density at radius 2 is 2.06 bits per heavy atom. The summed E-state index contributed by atoms with van der Waals surface area (Å²) in [6, 6.07) is 7.50. The molecular weight excluding hydrogens is 216 g/mol. The van der Waals surface area contributed by atoms with Gasteiger partial charge in [0.2, 0.25) is 0 Å². The van der Waals surface area contributed by atoms with Crippen molar-refractivity contribution in [3.05, 3.63) is 40.8 Å². The van der Waals surface area contributed by atoms with Crippen molar-refractivity contribution in [1.82, 2.24) is 9.55 Å². The zero-order chi connectivity index (χ0) is 12.0. The zero-order valence-corrected chi connectivity index (χ0v) is 9.65. The van der Waals surface area contributed by atoms with E-state index < -0.39 is 0 Å². The quantitative estimate of drug-likeness (QED) is 0.692. The highest BCUT2D eigenvalue weighted by atomic mass is 16.5. The molecule has 1 N–H and O–H groups in total. The SMILES string of the molecule is COc1ccc2c(c1)c1[nH]ccc1c(=O)n2C. The molecule has 3 rings (SSSR count). The second kappa shape index (κ2) is 3.38. The van der Waals surface area contributed by atoms with E-state index in [1.165, 1.54) is 0 Å². The van der Waals surface area contributed by atoms with Gasteiger partial charge in [0.25, 0.3) is 5.56 Å². The molecule has 17 heavy (non-hydrogen) atoms. The summed E-state index contributed by atoms with van der Waals surface area (Å²) in [5.74, 6) is 0.784. The molecule has 0 bridgehead atoms. The number of aromatic nitrogens is 2. The maximum atomic E-state index is 12.1. The highest BCUT2D eigenvalue weighted by Gasteiger charge is 2.09. The second-order valence-corrected chi connectivity index (χ2v) is 4.01. The molecule has 2 aromatic heterocycles. The largest absolute Gasteiger partial charge is 0.497 e. The van der Waals surface area contributed by atoms with E-state index in [1.807, 2.05) is 18.2 Å². The Morgan fingerprint density at radius 3 is 2.82 bits per heavy atom. The minimum Gasteiger partial charge on any atom is -0.497 e. The van der Waals surface area contributed by atoms with Gasteiger partial charge in [0.1, 0.15) is 5.75 Å². The monoisotopic (exact) mass is 228 g/mol. The Bertz CT molecular complexity index is 768. The van der Waals surface area contributed by atoms with Gasteiger partial charge in [-0.15, -0.1) is 0 Å². The molecule has 0 atom stereocenters. The summed E-state index contributed by atoms with van der Waals surface area (Å²) in [6.07, 6.45) is 1.78. The predicted molar refractivity (Wildman–Crippen MR) is 67.6 cm³/mol. The number of benzene rings is 1. The molecule has 3 aromatic rings. The van der Waals surface area contributed by atoms with Gasteiger partial charge in [-0.3, -0.25) is 4.79 Å². The molecule has 1 aromatic carbocycles. The highest BCUT2D eigenvalue weighted by molar-refractivity contribution is 6.03. The molecule has 0 saturated carbocycles. The van der Waals surface area contributed by atoms with Crippen LogP contribution in [0.5, 0.6) is 5.75 Å². The van der Waals surface area contributed by atoms with Gasteiger partial charge in [0.15, 0.2) is 0 Å². The summed E-state index contributed by atoms with van der Waals surface area (Å²) >= 11 is 0. The molecule has 0 amide bonds. The van der Waals surface area contributed by atoms with Crippen molar-refractivity contribution in [3.63, 3.8) is 0 Å². The average Bonchev–Trinajstić information content (AvgIpc) is 2.84. The summed E-state index contributed by atoms with van der Waals surface area (Å²) < 4.78 is 6.87. The van der Waals surface area contributed by atoms with E-state index in [-0.39, 0.29) is 5.56 Å². The number of nitrogens with zero attached hydrogens (tertiary/aromatic N) is 1. The lowest BCUT2D eigenvalue weighted by molar-refractivity contribution is 0.415. The van der Waals surface area contributed by atoms with Crippen LogP contribution in [0.3, 0.4) is 0 Å². The molecule has 0 saturated heterocycles. The third-order valence-electron chi connectivity index (χ3n) is 3.12. The van der Waals surface area contributed by atoms with E-state index >= 15 is 0 Å². The van der Waals surface area contributed by atoms with Gasteiger partial charge < -0.3 is 14.3 Å². The number of nitrogens with one attached hydrogen (secondary N) is 1. The van der Waals surface area contributed by atoms with Crippen LogP contribution in [-0.2, 0) is 7.05 Å². The fraction of sp³-hybridized carbons (Fsp3) is 0.154. The maximum absolute atomic E-state index is 12.1. The van der Waals surface area contributed by atoms with Gasteiger partial charge in [-0.2, -0.15) is 0 Å². The smallest absolute Gasteiger partial charge is 0.260 e. The van der Waals surface area contributed by atoms with Crippen molar-refractivity contribution in [2.45, 2.75) is 0 Å². The number of H-pyrrole nitrogens is 1. The van der Waals surface area contributed by atoms with E-state index in [0.29, 0.717) is 5.39 Å². The van der Waals surface area contributed by atoms with Crippen LogP contribution in [-0.4, -0.2) is 16.7 Å². The number of ether oxygens (including phenoxy) is 1. The number of hydrogen-bond donors (Lipinski definition) is 1. The van der Waals surface area contributed by atoms with Crippen molar-refractivity contribution in [2.24, 2.45) is 7.05 Å². The van der Waals surface area contributed by atoms with Crippen molar-refractivity contribution in [1.29, 1.82) is 0 Å². The molecule has 0 aliphatic heterocycles. The lowest BCUT2D eigenvalue weighted by Gasteiger charge is -2.08. The average molecular weight is 228 g/mol. The van der Waals surface area contributed by atoms with E-state index in [9.17, 15) is 4.79 Å². The summed E-state index contributed by atoms with van der Waals surface area (Å²) in [7, 11) is 3.42. The molecule has 4 nitrogen and oxygen atoms in total. The standard InChI is InChI=1S/C13H12N2O2/c1-15-11-4-3-8(17-2)7-10(11)12-9(13(15)16)5-6-14-12/h3-7,14H,1-2H3. The second-order valence-electron chi connectivity index (χ2n) is 4.01. The number of fused-ring (bicyclic) bond motifs is 3. The normalized spacial score (nSPS) is 11.2. The lowest BCUT2D eigenvalue weighted by atomic mass is 10.1. The number of aryl methyl sites for hydroxylation is 1. The van der Waals surface area contributed by atoms with Crippen LogP contribution in [0.2, 0.25) is 0 Å². The van der Waals surface area contributed by atoms with Crippen LogP contribution in [0.1, 0.15) is 0 Å². The first kappa shape index (κ1) is 9.96. The van der Waals surface area contributed by atoms with Crippen molar-refractivity contribution in [2.75, 3.05) is 7.11 Å². The molecule has 0 radical (unpaired) electrons. The van der Waals surface area contributed by atoms with E-state index in [2.05, 4.69) is 4.98 Å². The molecular formula is C13H12N2O2. The first-order chi connectivity index (χ1) is 8.22. The third-order valence-corrected chi connectivity index (χ3v) is 3.12. The molecule has 4 heteroatoms. The Labute approximate surface area is 97.4 Å². The van der Waals surface area contributed by atoms with E-state index in [1.54, 1.807) is 31.0 Å². The summed E-state index contributed by atoms with van der Waals surface area (Å²) in [6.45, 7) is 0. The number of pyridine rings is 1.